The van der Waals surface area contributed by atoms with Crippen molar-refractivity contribution < 1.29 is 4.74 Å². The topological polar surface area (TPSA) is 46.2 Å². The minimum absolute atomic E-state index is 0.0546. The maximum Gasteiger partial charge on any atom is 0.147 e. The van der Waals surface area contributed by atoms with E-state index >= 15 is 0 Å². The molecular weight excluding hydrogens is 309 g/mol. The molecule has 1 heterocycles. The summed E-state index contributed by atoms with van der Waals surface area (Å²) >= 11 is 12.4. The van der Waals surface area contributed by atoms with Gasteiger partial charge >= 0.3 is 0 Å². The molecule has 118 valence electrons. The average Bonchev–Trinajstić information content (AvgIpc) is 2.42. The van der Waals surface area contributed by atoms with Gasteiger partial charge in [-0.15, -0.1) is 0 Å². The van der Waals surface area contributed by atoms with E-state index in [1.807, 2.05) is 13.8 Å². The second-order valence-corrected chi connectivity index (χ2v) is 6.69. The molecule has 0 saturated heterocycles. The van der Waals surface area contributed by atoms with E-state index in [2.05, 4.69) is 29.5 Å². The Morgan fingerprint density at radius 3 is 2.52 bits per heavy atom. The molecule has 0 amide bonds. The Kier molecular flexibility index (Phi) is 5.23. The molecule has 2 rings (SSSR count). The van der Waals surface area contributed by atoms with Gasteiger partial charge in [0.05, 0.1) is 16.1 Å². The second-order valence-electron chi connectivity index (χ2n) is 5.88. The average molecular weight is 332 g/mol. The number of rotatable bonds is 6. The van der Waals surface area contributed by atoms with Crippen molar-refractivity contribution in [3.05, 3.63) is 16.1 Å². The molecule has 21 heavy (non-hydrogen) atoms. The minimum atomic E-state index is 0.0546. The van der Waals surface area contributed by atoms with Crippen LogP contribution in [0.3, 0.4) is 0 Å². The van der Waals surface area contributed by atoms with Gasteiger partial charge in [0.25, 0.3) is 0 Å². The fourth-order valence-corrected chi connectivity index (χ4v) is 3.12. The van der Waals surface area contributed by atoms with Crippen LogP contribution < -0.4 is 10.6 Å². The van der Waals surface area contributed by atoms with Crippen LogP contribution in [0.25, 0.3) is 0 Å². The second kappa shape index (κ2) is 6.59. The summed E-state index contributed by atoms with van der Waals surface area (Å²) in [6.45, 7) is 9.92. The molecule has 0 radical (unpaired) electrons. The van der Waals surface area contributed by atoms with E-state index < -0.39 is 0 Å². The molecule has 2 atom stereocenters. The van der Waals surface area contributed by atoms with Gasteiger partial charge in [0, 0.05) is 24.6 Å². The van der Waals surface area contributed by atoms with Crippen molar-refractivity contribution in [2.75, 3.05) is 23.8 Å². The Bertz CT molecular complexity index is 508. The van der Waals surface area contributed by atoms with E-state index in [-0.39, 0.29) is 17.6 Å². The molecule has 0 spiro atoms. The van der Waals surface area contributed by atoms with Crippen molar-refractivity contribution in [3.8, 4) is 0 Å². The van der Waals surface area contributed by atoms with Gasteiger partial charge in [-0.1, -0.05) is 37.0 Å². The van der Waals surface area contributed by atoms with E-state index in [0.717, 1.165) is 19.6 Å². The normalized spacial score (nSPS) is 23.5. The van der Waals surface area contributed by atoms with Crippen LogP contribution in [0.15, 0.2) is 6.07 Å². The highest BCUT2D eigenvalue weighted by Gasteiger charge is 2.49. The van der Waals surface area contributed by atoms with Gasteiger partial charge in [-0.2, -0.15) is 0 Å². The maximum atomic E-state index is 6.25. The molecule has 1 aliphatic rings. The predicted molar refractivity (Wildman–Crippen MR) is 89.6 cm³/mol. The van der Waals surface area contributed by atoms with Crippen molar-refractivity contribution >= 4 is 34.8 Å². The standard InChI is InChI=1S/C15H23Cl2N3O/c1-5-18-13-9(16)7-10(17)14(20-13)19-11-8-12(21-6-2)15(11,3)4/h7,11-12H,5-6,8H2,1-4H3,(H2,18,19,20). The molecule has 1 saturated carbocycles. The van der Waals surface area contributed by atoms with Crippen molar-refractivity contribution in [1.82, 2.24) is 4.98 Å². The van der Waals surface area contributed by atoms with Crippen LogP contribution in [0.1, 0.15) is 34.1 Å². The molecule has 1 aromatic rings. The molecular formula is C15H23Cl2N3O. The third kappa shape index (κ3) is 3.38. The molecule has 1 fully saturated rings. The summed E-state index contributed by atoms with van der Waals surface area (Å²) in [6, 6.07) is 2.01. The Balaban J connectivity index is 2.12. The number of ether oxygens (including phenoxy) is 1. The summed E-state index contributed by atoms with van der Waals surface area (Å²) in [7, 11) is 0. The van der Waals surface area contributed by atoms with Gasteiger partial charge in [0.2, 0.25) is 0 Å². The number of nitrogens with zero attached hydrogens (tertiary/aromatic N) is 1. The number of anilines is 2. The zero-order valence-electron chi connectivity index (χ0n) is 13.0. The van der Waals surface area contributed by atoms with Crippen LogP contribution in [0.5, 0.6) is 0 Å². The van der Waals surface area contributed by atoms with Gasteiger partial charge in [-0.05, 0) is 26.3 Å². The summed E-state index contributed by atoms with van der Waals surface area (Å²) in [6.07, 6.45) is 1.23. The highest BCUT2D eigenvalue weighted by molar-refractivity contribution is 6.37. The SMILES string of the molecule is CCNc1nc(NC2CC(OCC)C2(C)C)c(Cl)cc1Cl. The van der Waals surface area contributed by atoms with E-state index in [0.29, 0.717) is 21.7 Å². The highest BCUT2D eigenvalue weighted by Crippen LogP contribution is 2.45. The van der Waals surface area contributed by atoms with E-state index in [9.17, 15) is 0 Å². The minimum Gasteiger partial charge on any atom is -0.378 e. The third-order valence-electron chi connectivity index (χ3n) is 4.13. The molecule has 6 heteroatoms. The lowest BCUT2D eigenvalue weighted by Crippen LogP contribution is -2.58. The summed E-state index contributed by atoms with van der Waals surface area (Å²) < 4.78 is 5.75. The maximum absolute atomic E-state index is 6.25. The van der Waals surface area contributed by atoms with Crippen LogP contribution in [-0.2, 0) is 4.74 Å². The Morgan fingerprint density at radius 2 is 1.95 bits per heavy atom. The lowest BCUT2D eigenvalue weighted by atomic mass is 9.64. The third-order valence-corrected chi connectivity index (χ3v) is 4.71. The molecule has 0 bridgehead atoms. The van der Waals surface area contributed by atoms with Crippen LogP contribution in [0, 0.1) is 5.41 Å². The highest BCUT2D eigenvalue weighted by atomic mass is 35.5. The van der Waals surface area contributed by atoms with E-state index in [1.54, 1.807) is 6.07 Å². The zero-order chi connectivity index (χ0) is 15.6. The number of nitrogens with one attached hydrogen (secondary N) is 2. The van der Waals surface area contributed by atoms with Gasteiger partial charge in [-0.25, -0.2) is 4.98 Å². The van der Waals surface area contributed by atoms with Crippen molar-refractivity contribution in [2.45, 2.75) is 46.3 Å². The summed E-state index contributed by atoms with van der Waals surface area (Å²) in [5.74, 6) is 1.33. The lowest BCUT2D eigenvalue weighted by molar-refractivity contribution is -0.0976. The van der Waals surface area contributed by atoms with Gasteiger partial charge in [-0.3, -0.25) is 0 Å². The van der Waals surface area contributed by atoms with Crippen LogP contribution >= 0.6 is 23.2 Å². The van der Waals surface area contributed by atoms with E-state index in [4.69, 9.17) is 27.9 Å². The summed E-state index contributed by atoms with van der Waals surface area (Å²) in [4.78, 5) is 4.49. The van der Waals surface area contributed by atoms with Crippen LogP contribution in [0.4, 0.5) is 11.6 Å². The van der Waals surface area contributed by atoms with Gasteiger partial charge in [0.15, 0.2) is 0 Å². The molecule has 4 nitrogen and oxygen atoms in total. The van der Waals surface area contributed by atoms with Crippen LogP contribution in [-0.4, -0.2) is 30.3 Å². The first kappa shape index (κ1) is 16.7. The monoisotopic (exact) mass is 331 g/mol. The fourth-order valence-electron chi connectivity index (χ4n) is 2.64. The Labute approximate surface area is 136 Å². The summed E-state index contributed by atoms with van der Waals surface area (Å²) in [5, 5.41) is 7.64. The van der Waals surface area contributed by atoms with Gasteiger partial charge < -0.3 is 15.4 Å². The molecule has 2 N–H and O–H groups in total. The molecule has 0 aromatic carbocycles. The number of halogens is 2. The summed E-state index contributed by atoms with van der Waals surface area (Å²) in [5.41, 5.74) is 0.0546. The van der Waals surface area contributed by atoms with E-state index in [1.165, 1.54) is 0 Å². The quantitative estimate of drug-likeness (QED) is 0.809. The lowest BCUT2D eigenvalue weighted by Gasteiger charge is -2.51. The first-order chi connectivity index (χ1) is 9.90. The molecule has 0 aliphatic heterocycles. The smallest absolute Gasteiger partial charge is 0.147 e. The first-order valence-electron chi connectivity index (χ1n) is 7.38. The zero-order valence-corrected chi connectivity index (χ0v) is 14.5. The molecule has 2 unspecified atom stereocenters. The van der Waals surface area contributed by atoms with Crippen molar-refractivity contribution in [1.29, 1.82) is 0 Å². The van der Waals surface area contributed by atoms with Crippen molar-refractivity contribution in [3.63, 3.8) is 0 Å². The number of hydrogen-bond donors (Lipinski definition) is 2. The number of pyridine rings is 1. The molecule has 1 aliphatic carbocycles. The van der Waals surface area contributed by atoms with Crippen molar-refractivity contribution in [2.24, 2.45) is 5.41 Å². The Hall–Kier alpha value is -0.710. The van der Waals surface area contributed by atoms with Gasteiger partial charge in [0.1, 0.15) is 11.6 Å². The largest absolute Gasteiger partial charge is 0.378 e. The fraction of sp³-hybridized carbons (Fsp3) is 0.667. The predicted octanol–water partition coefficient (Wildman–Crippen LogP) is 4.44. The number of aromatic nitrogens is 1. The van der Waals surface area contributed by atoms with Crippen LogP contribution in [0.2, 0.25) is 10.0 Å². The first-order valence-corrected chi connectivity index (χ1v) is 8.13. The molecule has 1 aromatic heterocycles. The number of hydrogen-bond acceptors (Lipinski definition) is 4. The Morgan fingerprint density at radius 1 is 1.29 bits per heavy atom.